The van der Waals surface area contributed by atoms with E-state index in [0.717, 1.165) is 53.0 Å². The first kappa shape index (κ1) is 25.3. The number of fused-ring (bicyclic) bond motifs is 1. The van der Waals surface area contributed by atoms with E-state index in [1.165, 1.54) is 0 Å². The summed E-state index contributed by atoms with van der Waals surface area (Å²) in [5, 5.41) is 0. The smallest absolute Gasteiger partial charge is 0.150 e. The molecule has 1 saturated heterocycles. The molecule has 0 saturated carbocycles. The lowest BCUT2D eigenvalue weighted by atomic mass is 10.1. The Balaban J connectivity index is 0.000000654. The zero-order valence-electron chi connectivity index (χ0n) is 19.9. The van der Waals surface area contributed by atoms with Crippen LogP contribution in [0.15, 0.2) is 48.6 Å². The average molecular weight is 438 g/mol. The highest BCUT2D eigenvalue weighted by molar-refractivity contribution is 5.90. The van der Waals surface area contributed by atoms with Gasteiger partial charge in [0, 0.05) is 56.3 Å². The van der Waals surface area contributed by atoms with E-state index in [4.69, 9.17) is 9.47 Å². The monoisotopic (exact) mass is 437 g/mol. The van der Waals surface area contributed by atoms with Crippen LogP contribution in [0, 0.1) is 6.92 Å². The minimum Gasteiger partial charge on any atom is -0.382 e. The van der Waals surface area contributed by atoms with Crippen LogP contribution in [0.5, 0.6) is 0 Å². The van der Waals surface area contributed by atoms with Gasteiger partial charge in [0.1, 0.15) is 6.29 Å². The molecule has 3 heterocycles. The molecule has 0 amide bonds. The number of aliphatic imine (C=N–C) groups is 1. The van der Waals surface area contributed by atoms with E-state index in [1.54, 1.807) is 26.4 Å². The summed E-state index contributed by atoms with van der Waals surface area (Å²) in [5.74, 6) is 0. The number of hydrogen-bond donors (Lipinski definition) is 0. The Kier molecular flexibility index (Phi) is 9.62. The number of pyridine rings is 1. The second-order valence-corrected chi connectivity index (χ2v) is 7.78. The number of methoxy groups -OCH3 is 1. The molecule has 1 aliphatic heterocycles. The SMILES string of the molecule is C=C/C(=C\C=NC)c1cc2cc(C=O)c(C)c(C(=C)N3CCOCC3)n2c1.COC(C)C. The van der Waals surface area contributed by atoms with Crippen LogP contribution >= 0.6 is 0 Å². The third-order valence-corrected chi connectivity index (χ3v) is 5.40. The van der Waals surface area contributed by atoms with Gasteiger partial charge in [-0.2, -0.15) is 0 Å². The predicted molar refractivity (Wildman–Crippen MR) is 134 cm³/mol. The van der Waals surface area contributed by atoms with Crippen LogP contribution in [0.1, 0.15) is 41.0 Å². The van der Waals surface area contributed by atoms with Crippen molar-refractivity contribution in [3.63, 3.8) is 0 Å². The molecule has 0 N–H and O–H groups in total. The molecule has 172 valence electrons. The molecule has 0 unspecified atom stereocenters. The second kappa shape index (κ2) is 12.2. The van der Waals surface area contributed by atoms with Crippen molar-refractivity contribution in [3.8, 4) is 0 Å². The van der Waals surface area contributed by atoms with Crippen molar-refractivity contribution in [3.05, 3.63) is 66.0 Å². The van der Waals surface area contributed by atoms with Crippen LogP contribution < -0.4 is 0 Å². The number of nitrogens with zero attached hydrogens (tertiary/aromatic N) is 3. The molecule has 2 aromatic heterocycles. The molecular formula is C26H35N3O3. The molecule has 1 fully saturated rings. The van der Waals surface area contributed by atoms with Crippen LogP contribution in [0.25, 0.3) is 16.8 Å². The number of ether oxygens (including phenoxy) is 2. The third-order valence-electron chi connectivity index (χ3n) is 5.40. The maximum atomic E-state index is 11.6. The molecule has 32 heavy (non-hydrogen) atoms. The quantitative estimate of drug-likeness (QED) is 0.359. The van der Waals surface area contributed by atoms with E-state index in [1.807, 2.05) is 32.9 Å². The molecule has 3 rings (SSSR count). The van der Waals surface area contributed by atoms with Gasteiger partial charge in [0.25, 0.3) is 0 Å². The van der Waals surface area contributed by atoms with Crippen LogP contribution in [-0.2, 0) is 9.47 Å². The van der Waals surface area contributed by atoms with Gasteiger partial charge in [-0.25, -0.2) is 0 Å². The number of aldehydes is 1. The lowest BCUT2D eigenvalue weighted by Crippen LogP contribution is -2.35. The normalized spacial score (nSPS) is 14.6. The van der Waals surface area contributed by atoms with Crippen LogP contribution in [0.2, 0.25) is 0 Å². The summed E-state index contributed by atoms with van der Waals surface area (Å²) in [6.07, 6.45) is 8.83. The van der Waals surface area contributed by atoms with Crippen molar-refractivity contribution in [1.29, 1.82) is 0 Å². The van der Waals surface area contributed by atoms with Gasteiger partial charge in [0.2, 0.25) is 0 Å². The first-order valence-electron chi connectivity index (χ1n) is 10.8. The maximum Gasteiger partial charge on any atom is 0.150 e. The summed E-state index contributed by atoms with van der Waals surface area (Å²) in [7, 11) is 3.43. The minimum absolute atomic E-state index is 0.384. The molecule has 0 bridgehead atoms. The van der Waals surface area contributed by atoms with Crippen molar-refractivity contribution >= 4 is 29.3 Å². The molecule has 1 aliphatic rings. The van der Waals surface area contributed by atoms with Crippen LogP contribution in [0.4, 0.5) is 0 Å². The fourth-order valence-corrected chi connectivity index (χ4v) is 3.43. The van der Waals surface area contributed by atoms with Crippen molar-refractivity contribution in [1.82, 2.24) is 9.30 Å². The fraction of sp³-hybridized carbons (Fsp3) is 0.385. The zero-order chi connectivity index (χ0) is 23.7. The topological polar surface area (TPSA) is 55.5 Å². The Labute approximate surface area is 191 Å². The Morgan fingerprint density at radius 2 is 1.94 bits per heavy atom. The number of carbonyl (C=O) groups is 1. The summed E-state index contributed by atoms with van der Waals surface area (Å²) in [4.78, 5) is 17.9. The van der Waals surface area contributed by atoms with Gasteiger partial charge in [0.15, 0.2) is 0 Å². The largest absolute Gasteiger partial charge is 0.382 e. The lowest BCUT2D eigenvalue weighted by molar-refractivity contribution is 0.0639. The van der Waals surface area contributed by atoms with Gasteiger partial charge < -0.3 is 18.8 Å². The van der Waals surface area contributed by atoms with Gasteiger partial charge in [-0.15, -0.1) is 0 Å². The first-order valence-corrected chi connectivity index (χ1v) is 10.8. The highest BCUT2D eigenvalue weighted by atomic mass is 16.5. The van der Waals surface area contributed by atoms with Crippen molar-refractivity contribution in [2.45, 2.75) is 26.9 Å². The minimum atomic E-state index is 0.384. The molecule has 6 nitrogen and oxygen atoms in total. The number of morpholine rings is 1. The summed E-state index contributed by atoms with van der Waals surface area (Å²) < 4.78 is 12.3. The van der Waals surface area contributed by atoms with Gasteiger partial charge in [-0.3, -0.25) is 9.79 Å². The van der Waals surface area contributed by atoms with Gasteiger partial charge in [0.05, 0.1) is 30.7 Å². The molecule has 6 heteroatoms. The van der Waals surface area contributed by atoms with Gasteiger partial charge >= 0.3 is 0 Å². The summed E-state index contributed by atoms with van der Waals surface area (Å²) >= 11 is 0. The van der Waals surface area contributed by atoms with Crippen molar-refractivity contribution < 1.29 is 14.3 Å². The van der Waals surface area contributed by atoms with Crippen LogP contribution in [0.3, 0.4) is 0 Å². The van der Waals surface area contributed by atoms with E-state index in [2.05, 4.69) is 39.7 Å². The van der Waals surface area contributed by atoms with E-state index >= 15 is 0 Å². The number of hydrogen-bond acceptors (Lipinski definition) is 5. The van der Waals surface area contributed by atoms with E-state index in [0.29, 0.717) is 24.9 Å². The Morgan fingerprint density at radius 3 is 2.47 bits per heavy atom. The number of aromatic nitrogens is 1. The first-order chi connectivity index (χ1) is 15.4. The molecular weight excluding hydrogens is 402 g/mol. The van der Waals surface area contributed by atoms with E-state index in [9.17, 15) is 4.79 Å². The number of rotatable bonds is 7. The number of allylic oxidation sites excluding steroid dienone is 3. The summed E-state index contributed by atoms with van der Waals surface area (Å²) in [5.41, 5.74) is 6.40. The van der Waals surface area contributed by atoms with Crippen molar-refractivity contribution in [2.24, 2.45) is 4.99 Å². The molecule has 0 atom stereocenters. The highest BCUT2D eigenvalue weighted by Crippen LogP contribution is 2.29. The van der Waals surface area contributed by atoms with Crippen molar-refractivity contribution in [2.75, 3.05) is 40.5 Å². The molecule has 0 spiro atoms. The predicted octanol–water partition coefficient (Wildman–Crippen LogP) is 4.67. The summed E-state index contributed by atoms with van der Waals surface area (Å²) in [6.45, 7) is 17.2. The van der Waals surface area contributed by atoms with Gasteiger partial charge in [-0.05, 0) is 50.1 Å². The molecule has 0 aliphatic carbocycles. The van der Waals surface area contributed by atoms with Gasteiger partial charge in [-0.1, -0.05) is 19.2 Å². The van der Waals surface area contributed by atoms with E-state index in [-0.39, 0.29) is 0 Å². The van der Waals surface area contributed by atoms with E-state index < -0.39 is 0 Å². The molecule has 2 aromatic rings. The second-order valence-electron chi connectivity index (χ2n) is 7.78. The highest BCUT2D eigenvalue weighted by Gasteiger charge is 2.20. The summed E-state index contributed by atoms with van der Waals surface area (Å²) in [6, 6.07) is 3.97. The molecule has 0 radical (unpaired) electrons. The number of carbonyl (C=O) groups excluding carboxylic acids is 1. The third kappa shape index (κ3) is 6.05. The molecule has 0 aromatic carbocycles. The fourth-order valence-electron chi connectivity index (χ4n) is 3.43. The Morgan fingerprint density at radius 1 is 1.28 bits per heavy atom. The maximum absolute atomic E-state index is 11.6. The lowest BCUT2D eigenvalue weighted by Gasteiger charge is -2.31. The Bertz CT molecular complexity index is 1010. The zero-order valence-corrected chi connectivity index (χ0v) is 19.9. The van der Waals surface area contributed by atoms with Crippen LogP contribution in [-0.4, -0.2) is 68.4 Å². The standard InChI is InChI=1S/C22H25N3O2.C4H10O/c1-5-18(6-7-23-4)19-12-21-13-20(15-26)16(2)22(25(21)14-19)17(3)24-8-10-27-11-9-24;1-4(2)5-3/h5-7,12-15H,1,3,8-11H2,2,4H3;4H,1-3H3/b18-6+,23-7?;. The Hall–Kier alpha value is -2.96. The average Bonchev–Trinajstić information content (AvgIpc) is 3.23.